The Morgan fingerprint density at radius 2 is 2.30 bits per heavy atom. The number of nitrogens with two attached hydrogens (primary N) is 1. The number of carbonyl (C=O) groups is 1. The maximum atomic E-state index is 11.8. The van der Waals surface area contributed by atoms with E-state index < -0.39 is 6.04 Å². The molecule has 0 aliphatic rings. The summed E-state index contributed by atoms with van der Waals surface area (Å²) in [7, 11) is 0. The van der Waals surface area contributed by atoms with Crippen LogP contribution in [0, 0.1) is 0 Å². The molecule has 1 atom stereocenters. The summed E-state index contributed by atoms with van der Waals surface area (Å²) in [4.78, 5) is 16.1. The van der Waals surface area contributed by atoms with Crippen molar-refractivity contribution >= 4 is 5.91 Å². The summed E-state index contributed by atoms with van der Waals surface area (Å²) in [6.07, 6.45) is 6.78. The molecule has 2 rings (SSSR count). The van der Waals surface area contributed by atoms with Gasteiger partial charge in [-0.25, -0.2) is 9.67 Å². The average Bonchev–Trinajstić information content (AvgIpc) is 2.99. The van der Waals surface area contributed by atoms with E-state index in [2.05, 4.69) is 15.4 Å². The van der Waals surface area contributed by atoms with E-state index in [0.29, 0.717) is 18.8 Å². The summed E-state index contributed by atoms with van der Waals surface area (Å²) in [5, 5.41) is 7.00. The van der Waals surface area contributed by atoms with Crippen LogP contribution >= 0.6 is 0 Å². The number of amides is 1. The van der Waals surface area contributed by atoms with Gasteiger partial charge in [0.2, 0.25) is 5.91 Å². The third-order valence-electron chi connectivity index (χ3n) is 2.98. The lowest BCUT2D eigenvalue weighted by molar-refractivity contribution is -0.122. The molecule has 6 heteroatoms. The van der Waals surface area contributed by atoms with Crippen LogP contribution in [0.2, 0.25) is 0 Å². The van der Waals surface area contributed by atoms with Crippen molar-refractivity contribution < 1.29 is 4.79 Å². The van der Waals surface area contributed by atoms with E-state index in [1.54, 1.807) is 17.1 Å². The van der Waals surface area contributed by atoms with Gasteiger partial charge in [0, 0.05) is 30.7 Å². The molecule has 106 valence electrons. The molecule has 2 heterocycles. The maximum absolute atomic E-state index is 11.8. The quantitative estimate of drug-likeness (QED) is 0.822. The molecule has 1 unspecified atom stereocenters. The highest BCUT2D eigenvalue weighted by molar-refractivity contribution is 5.81. The molecule has 0 aliphatic carbocycles. The molecule has 0 saturated heterocycles. The predicted octanol–water partition coefficient (Wildman–Crippen LogP) is 1.01. The first-order valence-electron chi connectivity index (χ1n) is 6.69. The van der Waals surface area contributed by atoms with Crippen LogP contribution in [0.15, 0.2) is 36.8 Å². The molecule has 3 N–H and O–H groups in total. The molecular formula is C14H19N5O. The number of rotatable bonds is 6. The van der Waals surface area contributed by atoms with Crippen molar-refractivity contribution in [2.45, 2.75) is 32.4 Å². The molecule has 20 heavy (non-hydrogen) atoms. The zero-order chi connectivity index (χ0) is 14.4. The van der Waals surface area contributed by atoms with Gasteiger partial charge in [-0.1, -0.05) is 19.4 Å². The average molecular weight is 273 g/mol. The summed E-state index contributed by atoms with van der Waals surface area (Å²) < 4.78 is 1.67. The minimum atomic E-state index is -0.454. The predicted molar refractivity (Wildman–Crippen MR) is 76.1 cm³/mol. The van der Waals surface area contributed by atoms with E-state index in [1.165, 1.54) is 0 Å². The van der Waals surface area contributed by atoms with Crippen LogP contribution < -0.4 is 11.1 Å². The SMILES string of the molecule is CCCC(N)C(=O)NCc1cccnc1-n1cccn1. The van der Waals surface area contributed by atoms with Crippen molar-refractivity contribution in [2.24, 2.45) is 5.73 Å². The highest BCUT2D eigenvalue weighted by Crippen LogP contribution is 2.09. The van der Waals surface area contributed by atoms with E-state index in [4.69, 9.17) is 5.73 Å². The van der Waals surface area contributed by atoms with Crippen LogP contribution in [0.1, 0.15) is 25.3 Å². The summed E-state index contributed by atoms with van der Waals surface area (Å²) in [5.41, 5.74) is 6.68. The van der Waals surface area contributed by atoms with Crippen molar-refractivity contribution in [2.75, 3.05) is 0 Å². The summed E-state index contributed by atoms with van der Waals surface area (Å²) in [6, 6.07) is 5.12. The molecule has 0 bridgehead atoms. The Bertz CT molecular complexity index is 552. The van der Waals surface area contributed by atoms with Crippen LogP contribution in [0.4, 0.5) is 0 Å². The number of nitrogens with one attached hydrogen (secondary N) is 1. The second kappa shape index (κ2) is 6.81. The van der Waals surface area contributed by atoms with Gasteiger partial charge in [-0.2, -0.15) is 5.10 Å². The maximum Gasteiger partial charge on any atom is 0.237 e. The Morgan fingerprint density at radius 3 is 3.00 bits per heavy atom. The van der Waals surface area contributed by atoms with Crippen LogP contribution in [-0.2, 0) is 11.3 Å². The first-order chi connectivity index (χ1) is 9.72. The molecule has 0 fully saturated rings. The normalized spacial score (nSPS) is 12.1. The second-order valence-corrected chi connectivity index (χ2v) is 4.55. The number of hydrogen-bond acceptors (Lipinski definition) is 4. The minimum Gasteiger partial charge on any atom is -0.351 e. The van der Waals surface area contributed by atoms with Gasteiger partial charge in [0.15, 0.2) is 5.82 Å². The van der Waals surface area contributed by atoms with Gasteiger partial charge in [-0.15, -0.1) is 0 Å². The van der Waals surface area contributed by atoms with Gasteiger partial charge in [-0.3, -0.25) is 4.79 Å². The highest BCUT2D eigenvalue weighted by atomic mass is 16.2. The van der Waals surface area contributed by atoms with Crippen LogP contribution in [0.25, 0.3) is 5.82 Å². The van der Waals surface area contributed by atoms with Gasteiger partial charge < -0.3 is 11.1 Å². The Balaban J connectivity index is 2.05. The van der Waals surface area contributed by atoms with E-state index in [9.17, 15) is 4.79 Å². The molecule has 0 aliphatic heterocycles. The van der Waals surface area contributed by atoms with Gasteiger partial charge in [0.05, 0.1) is 6.04 Å². The zero-order valence-electron chi connectivity index (χ0n) is 11.5. The van der Waals surface area contributed by atoms with Crippen LogP contribution in [0.5, 0.6) is 0 Å². The minimum absolute atomic E-state index is 0.137. The number of hydrogen-bond donors (Lipinski definition) is 2. The summed E-state index contributed by atoms with van der Waals surface area (Å²) in [6.45, 7) is 2.39. The van der Waals surface area contributed by atoms with E-state index in [-0.39, 0.29) is 5.91 Å². The second-order valence-electron chi connectivity index (χ2n) is 4.55. The van der Waals surface area contributed by atoms with Crippen molar-refractivity contribution in [3.63, 3.8) is 0 Å². The van der Waals surface area contributed by atoms with Gasteiger partial charge >= 0.3 is 0 Å². The number of pyridine rings is 1. The lowest BCUT2D eigenvalue weighted by Crippen LogP contribution is -2.40. The van der Waals surface area contributed by atoms with Crippen molar-refractivity contribution in [3.8, 4) is 5.82 Å². The van der Waals surface area contributed by atoms with Crippen molar-refractivity contribution in [3.05, 3.63) is 42.4 Å². The monoisotopic (exact) mass is 273 g/mol. The van der Waals surface area contributed by atoms with Gasteiger partial charge in [-0.05, 0) is 18.6 Å². The van der Waals surface area contributed by atoms with E-state index in [1.807, 2.05) is 31.3 Å². The molecule has 6 nitrogen and oxygen atoms in total. The number of nitrogens with zero attached hydrogens (tertiary/aromatic N) is 3. The lowest BCUT2D eigenvalue weighted by atomic mass is 10.1. The van der Waals surface area contributed by atoms with Gasteiger partial charge in [0.1, 0.15) is 0 Å². The number of carbonyl (C=O) groups excluding carboxylic acids is 1. The molecule has 2 aromatic heterocycles. The lowest BCUT2D eigenvalue weighted by Gasteiger charge is -2.13. The Hall–Kier alpha value is -2.21. The largest absolute Gasteiger partial charge is 0.351 e. The Labute approximate surface area is 118 Å². The van der Waals surface area contributed by atoms with E-state index in [0.717, 1.165) is 12.0 Å². The van der Waals surface area contributed by atoms with Gasteiger partial charge in [0.25, 0.3) is 0 Å². The topological polar surface area (TPSA) is 85.8 Å². The summed E-state index contributed by atoms with van der Waals surface area (Å²) in [5.74, 6) is 0.573. The number of aromatic nitrogens is 3. The van der Waals surface area contributed by atoms with Crippen LogP contribution in [-0.4, -0.2) is 26.7 Å². The molecule has 0 radical (unpaired) electrons. The fraction of sp³-hybridized carbons (Fsp3) is 0.357. The van der Waals surface area contributed by atoms with Crippen molar-refractivity contribution in [1.29, 1.82) is 0 Å². The van der Waals surface area contributed by atoms with E-state index >= 15 is 0 Å². The smallest absolute Gasteiger partial charge is 0.237 e. The third kappa shape index (κ3) is 3.42. The molecule has 2 aromatic rings. The standard InChI is InChI=1S/C14H19N5O/c1-2-5-12(15)14(20)17-10-11-6-3-7-16-13(11)19-9-4-8-18-19/h3-4,6-9,12H,2,5,10,15H2,1H3,(H,17,20). The van der Waals surface area contributed by atoms with Crippen LogP contribution in [0.3, 0.4) is 0 Å². The molecule has 0 spiro atoms. The fourth-order valence-corrected chi connectivity index (χ4v) is 1.92. The Morgan fingerprint density at radius 1 is 1.45 bits per heavy atom. The third-order valence-corrected chi connectivity index (χ3v) is 2.98. The highest BCUT2D eigenvalue weighted by Gasteiger charge is 2.13. The first-order valence-corrected chi connectivity index (χ1v) is 6.69. The van der Waals surface area contributed by atoms with Crippen molar-refractivity contribution in [1.82, 2.24) is 20.1 Å². The first kappa shape index (κ1) is 14.2. The zero-order valence-corrected chi connectivity index (χ0v) is 11.5. The molecule has 1 amide bonds. The summed E-state index contributed by atoms with van der Waals surface area (Å²) >= 11 is 0. The Kier molecular flexibility index (Phi) is 4.84. The molecular weight excluding hydrogens is 254 g/mol. The molecule has 0 aromatic carbocycles. The fourth-order valence-electron chi connectivity index (χ4n) is 1.92. The molecule has 0 saturated carbocycles.